The van der Waals surface area contributed by atoms with Gasteiger partial charge < -0.3 is 5.32 Å². The highest BCUT2D eigenvalue weighted by atomic mass is 35.5. The fourth-order valence-electron chi connectivity index (χ4n) is 2.84. The third kappa shape index (κ3) is 5.57. The molecule has 2 heterocycles. The fraction of sp³-hybridized carbons (Fsp3) is 0.158. The molecule has 8 nitrogen and oxygen atoms in total. The molecule has 2 aromatic heterocycles. The van der Waals surface area contributed by atoms with Gasteiger partial charge in [-0.25, -0.2) is 28.1 Å². The molecule has 3 N–H and O–H groups in total. The number of hydrogen-bond acceptors (Lipinski definition) is 4. The fourth-order valence-corrected chi connectivity index (χ4v) is 3.05. The lowest BCUT2D eigenvalue weighted by atomic mass is 10.0. The average Bonchev–Trinajstić information content (AvgIpc) is 3.16. The van der Waals surface area contributed by atoms with Crippen molar-refractivity contribution in [2.75, 3.05) is 0 Å². The van der Waals surface area contributed by atoms with Crippen molar-refractivity contribution in [1.82, 2.24) is 30.9 Å². The summed E-state index contributed by atoms with van der Waals surface area (Å²) in [7, 11) is 0. The van der Waals surface area contributed by atoms with Crippen LogP contribution < -0.4 is 16.2 Å². The number of hydrazine groups is 1. The number of alkyl halides is 3. The number of halogens is 7. The highest BCUT2D eigenvalue weighted by molar-refractivity contribution is 6.31. The quantitative estimate of drug-likeness (QED) is 0.368. The standard InChI is InChI=1S/C19H13ClF6N6O2/c1-8(29-18(34)31-30-17(33)19(24,25)26)15-13(22)2-9(5-27-15)12-3-10(20)4-14(23)16(12)32-7-11(21)6-28-32/h2-8H,1H3,(H,30,33)(H2,29,31,34). The molecular formula is C19H13ClF6N6O2. The lowest BCUT2D eigenvalue weighted by molar-refractivity contribution is -0.174. The second-order valence-corrected chi connectivity index (χ2v) is 7.19. The van der Waals surface area contributed by atoms with Gasteiger partial charge in [0.15, 0.2) is 11.6 Å². The average molecular weight is 507 g/mol. The smallest absolute Gasteiger partial charge is 0.329 e. The van der Waals surface area contributed by atoms with Crippen molar-refractivity contribution < 1.29 is 35.9 Å². The molecule has 3 rings (SSSR count). The maximum Gasteiger partial charge on any atom is 0.472 e. The van der Waals surface area contributed by atoms with Gasteiger partial charge in [0, 0.05) is 22.3 Å². The summed E-state index contributed by atoms with van der Waals surface area (Å²) in [4.78, 5) is 26.3. The number of carbonyl (C=O) groups is 2. The second-order valence-electron chi connectivity index (χ2n) is 6.75. The van der Waals surface area contributed by atoms with Crippen LogP contribution in [0, 0.1) is 17.5 Å². The molecule has 0 aliphatic carbocycles. The van der Waals surface area contributed by atoms with Crippen LogP contribution in [0.15, 0.2) is 36.8 Å². The number of carbonyl (C=O) groups excluding carboxylic acids is 2. The summed E-state index contributed by atoms with van der Waals surface area (Å²) >= 11 is 5.91. The Balaban J connectivity index is 1.83. The van der Waals surface area contributed by atoms with Crippen LogP contribution in [0.2, 0.25) is 5.02 Å². The summed E-state index contributed by atoms with van der Waals surface area (Å²) in [5.41, 5.74) is 2.11. The van der Waals surface area contributed by atoms with Crippen LogP contribution in [0.4, 0.5) is 31.1 Å². The summed E-state index contributed by atoms with van der Waals surface area (Å²) in [5.74, 6) is -5.00. The summed E-state index contributed by atoms with van der Waals surface area (Å²) in [5, 5.41) is 5.75. The van der Waals surface area contributed by atoms with E-state index in [-0.39, 0.29) is 27.5 Å². The van der Waals surface area contributed by atoms with Crippen molar-refractivity contribution in [1.29, 1.82) is 0 Å². The van der Waals surface area contributed by atoms with E-state index in [0.717, 1.165) is 40.8 Å². The van der Waals surface area contributed by atoms with Crippen LogP contribution in [0.1, 0.15) is 18.7 Å². The summed E-state index contributed by atoms with van der Waals surface area (Å²) in [6.07, 6.45) is -2.36. The number of nitrogens with zero attached hydrogens (tertiary/aromatic N) is 3. The lowest BCUT2D eigenvalue weighted by Crippen LogP contribution is -2.51. The Kier molecular flexibility index (Phi) is 7.00. The molecule has 0 spiro atoms. The van der Waals surface area contributed by atoms with Gasteiger partial charge in [0.25, 0.3) is 0 Å². The van der Waals surface area contributed by atoms with Crippen LogP contribution in [-0.4, -0.2) is 32.9 Å². The highest BCUT2D eigenvalue weighted by Gasteiger charge is 2.39. The highest BCUT2D eigenvalue weighted by Crippen LogP contribution is 2.33. The molecule has 1 aromatic carbocycles. The Hall–Kier alpha value is -3.81. The van der Waals surface area contributed by atoms with Gasteiger partial charge in [-0.1, -0.05) is 11.6 Å². The molecule has 1 atom stereocenters. The maximum atomic E-state index is 14.8. The topological polar surface area (TPSA) is 101 Å². The third-order valence-corrected chi connectivity index (χ3v) is 4.51. The van der Waals surface area contributed by atoms with E-state index >= 15 is 0 Å². The van der Waals surface area contributed by atoms with Gasteiger partial charge >= 0.3 is 18.1 Å². The summed E-state index contributed by atoms with van der Waals surface area (Å²) in [6, 6.07) is 0.759. The molecule has 180 valence electrons. The summed E-state index contributed by atoms with van der Waals surface area (Å²) < 4.78 is 80.1. The van der Waals surface area contributed by atoms with Crippen molar-refractivity contribution in [3.05, 3.63) is 65.0 Å². The van der Waals surface area contributed by atoms with E-state index in [1.54, 1.807) is 0 Å². The second kappa shape index (κ2) is 9.59. The Labute approximate surface area is 191 Å². The van der Waals surface area contributed by atoms with E-state index in [1.165, 1.54) is 18.4 Å². The predicted molar refractivity (Wildman–Crippen MR) is 106 cm³/mol. The molecule has 34 heavy (non-hydrogen) atoms. The minimum Gasteiger partial charge on any atom is -0.329 e. The zero-order chi connectivity index (χ0) is 25.2. The molecule has 0 saturated carbocycles. The van der Waals surface area contributed by atoms with E-state index < -0.39 is 41.6 Å². The number of rotatable bonds is 4. The van der Waals surface area contributed by atoms with Gasteiger partial charge in [0.2, 0.25) is 0 Å². The van der Waals surface area contributed by atoms with E-state index in [1.807, 2.05) is 0 Å². The molecule has 0 aliphatic heterocycles. The van der Waals surface area contributed by atoms with Gasteiger partial charge in [-0.2, -0.15) is 18.3 Å². The van der Waals surface area contributed by atoms with Gasteiger partial charge in [0.05, 0.1) is 24.1 Å². The van der Waals surface area contributed by atoms with Gasteiger partial charge in [-0.05, 0) is 25.1 Å². The Bertz CT molecular complexity index is 1250. The van der Waals surface area contributed by atoms with Crippen molar-refractivity contribution in [3.63, 3.8) is 0 Å². The number of hydrogen-bond donors (Lipinski definition) is 3. The Morgan fingerprint density at radius 1 is 1.06 bits per heavy atom. The number of benzene rings is 1. The normalized spacial score (nSPS) is 12.2. The van der Waals surface area contributed by atoms with Crippen molar-refractivity contribution in [2.24, 2.45) is 0 Å². The first-order valence-electron chi connectivity index (χ1n) is 9.16. The molecule has 0 radical (unpaired) electrons. The van der Waals surface area contributed by atoms with Crippen LogP contribution >= 0.6 is 11.6 Å². The number of urea groups is 1. The van der Waals surface area contributed by atoms with Gasteiger partial charge in [-0.3, -0.25) is 15.2 Å². The van der Waals surface area contributed by atoms with Crippen molar-refractivity contribution in [3.8, 4) is 16.8 Å². The predicted octanol–water partition coefficient (Wildman–Crippen LogP) is 3.96. The first kappa shape index (κ1) is 24.8. The summed E-state index contributed by atoms with van der Waals surface area (Å²) in [6.45, 7) is 1.27. The SMILES string of the molecule is CC(NC(=O)NNC(=O)C(F)(F)F)c1ncc(-c2cc(Cl)cc(F)c2-n2cc(F)cn2)cc1F. The number of aromatic nitrogens is 3. The van der Waals surface area contributed by atoms with Gasteiger partial charge in [0.1, 0.15) is 11.5 Å². The lowest BCUT2D eigenvalue weighted by Gasteiger charge is -2.17. The molecule has 3 amide bonds. The molecule has 0 aliphatic rings. The molecule has 0 bridgehead atoms. The van der Waals surface area contributed by atoms with Gasteiger partial charge in [-0.15, -0.1) is 0 Å². The van der Waals surface area contributed by atoms with Crippen molar-refractivity contribution in [2.45, 2.75) is 19.1 Å². The zero-order valence-electron chi connectivity index (χ0n) is 16.8. The first-order chi connectivity index (χ1) is 15.9. The van der Waals surface area contributed by atoms with E-state index in [9.17, 15) is 35.9 Å². The van der Waals surface area contributed by atoms with Crippen LogP contribution in [0.25, 0.3) is 16.8 Å². The maximum absolute atomic E-state index is 14.8. The minimum absolute atomic E-state index is 0.0271. The van der Waals surface area contributed by atoms with E-state index in [2.05, 4.69) is 15.4 Å². The zero-order valence-corrected chi connectivity index (χ0v) is 17.6. The Morgan fingerprint density at radius 2 is 1.76 bits per heavy atom. The molecular weight excluding hydrogens is 494 g/mol. The van der Waals surface area contributed by atoms with Crippen LogP contribution in [0.3, 0.4) is 0 Å². The molecule has 3 aromatic rings. The molecule has 0 saturated heterocycles. The van der Waals surface area contributed by atoms with Crippen molar-refractivity contribution >= 4 is 23.5 Å². The number of pyridine rings is 1. The molecule has 0 fully saturated rings. The van der Waals surface area contributed by atoms with Crippen LogP contribution in [-0.2, 0) is 4.79 Å². The monoisotopic (exact) mass is 506 g/mol. The first-order valence-corrected chi connectivity index (χ1v) is 9.53. The minimum atomic E-state index is -5.22. The molecule has 15 heteroatoms. The molecule has 1 unspecified atom stereocenters. The Morgan fingerprint density at radius 3 is 2.35 bits per heavy atom. The van der Waals surface area contributed by atoms with Crippen LogP contribution in [0.5, 0.6) is 0 Å². The largest absolute Gasteiger partial charge is 0.472 e. The number of nitrogens with one attached hydrogen (secondary N) is 3. The number of amides is 3. The van der Waals surface area contributed by atoms with E-state index in [4.69, 9.17) is 11.6 Å². The third-order valence-electron chi connectivity index (χ3n) is 4.29. The van der Waals surface area contributed by atoms with E-state index in [0.29, 0.717) is 0 Å².